The Labute approximate surface area is 104 Å². The molecule has 0 bridgehead atoms. The van der Waals surface area contributed by atoms with Crippen molar-refractivity contribution >= 4 is 28.9 Å². The van der Waals surface area contributed by atoms with Crippen molar-refractivity contribution in [1.29, 1.82) is 0 Å². The summed E-state index contributed by atoms with van der Waals surface area (Å²) in [5.74, 6) is 0.208. The van der Waals surface area contributed by atoms with Crippen molar-refractivity contribution in [3.63, 3.8) is 0 Å². The van der Waals surface area contributed by atoms with E-state index in [4.69, 9.17) is 0 Å². The molecule has 0 aliphatic carbocycles. The summed E-state index contributed by atoms with van der Waals surface area (Å²) in [6, 6.07) is 3.23. The second-order valence-corrected chi connectivity index (χ2v) is 4.36. The third-order valence-electron chi connectivity index (χ3n) is 1.87. The van der Waals surface area contributed by atoms with Crippen LogP contribution in [0.4, 0.5) is 0 Å². The fourth-order valence-electron chi connectivity index (χ4n) is 1.12. The number of aromatic nitrogens is 1. The van der Waals surface area contributed by atoms with E-state index >= 15 is 0 Å². The normalized spacial score (nSPS) is 10.5. The molecule has 0 fully saturated rings. The van der Waals surface area contributed by atoms with Crippen molar-refractivity contribution in [3.8, 4) is 0 Å². The molecule has 0 aromatic carbocycles. The molecule has 0 saturated heterocycles. The lowest BCUT2D eigenvalue weighted by Crippen LogP contribution is -2.01. The number of carbonyl (C=O) groups excluding carboxylic acids is 2. The Morgan fingerprint density at radius 3 is 2.94 bits per heavy atom. The molecule has 0 aliphatic heterocycles. The van der Waals surface area contributed by atoms with E-state index in [2.05, 4.69) is 9.72 Å². The lowest BCUT2D eigenvalue weighted by molar-refractivity contribution is -0.109. The Hall–Kier alpha value is -1.62. The van der Waals surface area contributed by atoms with Crippen LogP contribution >= 0.6 is 11.8 Å². The highest BCUT2D eigenvalue weighted by Crippen LogP contribution is 2.07. The highest BCUT2D eigenvalue weighted by atomic mass is 32.2. The standard InChI is InChI=1S/C12H13NO3S/c1-9(14)17-7-3-4-11-8-10(5-6-13-11)12(15)16-2/h3-6,8H,7H2,1-2H3. The smallest absolute Gasteiger partial charge is 0.337 e. The van der Waals surface area contributed by atoms with Gasteiger partial charge in [0.1, 0.15) is 0 Å². The van der Waals surface area contributed by atoms with Gasteiger partial charge >= 0.3 is 5.97 Å². The summed E-state index contributed by atoms with van der Waals surface area (Å²) in [5, 5.41) is 0.0749. The summed E-state index contributed by atoms with van der Waals surface area (Å²) in [6.45, 7) is 1.52. The number of hydrogen-bond donors (Lipinski definition) is 0. The lowest BCUT2D eigenvalue weighted by Gasteiger charge is -1.99. The molecule has 1 aromatic heterocycles. The minimum absolute atomic E-state index is 0.0749. The highest BCUT2D eigenvalue weighted by Gasteiger charge is 2.04. The van der Waals surface area contributed by atoms with Crippen LogP contribution in [-0.2, 0) is 9.53 Å². The van der Waals surface area contributed by atoms with E-state index < -0.39 is 0 Å². The largest absolute Gasteiger partial charge is 0.465 e. The molecule has 0 N–H and O–H groups in total. The first-order valence-corrected chi connectivity index (χ1v) is 5.96. The fourth-order valence-corrected chi connectivity index (χ4v) is 1.55. The summed E-state index contributed by atoms with van der Waals surface area (Å²) in [6.07, 6.45) is 5.14. The number of hydrogen-bond acceptors (Lipinski definition) is 5. The van der Waals surface area contributed by atoms with Gasteiger partial charge < -0.3 is 4.74 Å². The number of nitrogens with zero attached hydrogens (tertiary/aromatic N) is 1. The number of carbonyl (C=O) groups is 2. The third-order valence-corrected chi connectivity index (χ3v) is 2.64. The van der Waals surface area contributed by atoms with Gasteiger partial charge in [-0.05, 0) is 18.2 Å². The van der Waals surface area contributed by atoms with E-state index in [1.165, 1.54) is 25.8 Å². The van der Waals surface area contributed by atoms with Crippen LogP contribution in [0.25, 0.3) is 6.08 Å². The Balaban J connectivity index is 2.65. The monoisotopic (exact) mass is 251 g/mol. The van der Waals surface area contributed by atoms with Gasteiger partial charge in [0.2, 0.25) is 0 Å². The van der Waals surface area contributed by atoms with E-state index in [-0.39, 0.29) is 11.1 Å². The lowest BCUT2D eigenvalue weighted by atomic mass is 10.2. The molecule has 17 heavy (non-hydrogen) atoms. The molecule has 90 valence electrons. The molecule has 1 rings (SSSR count). The summed E-state index contributed by atoms with van der Waals surface area (Å²) in [4.78, 5) is 26.0. The zero-order valence-electron chi connectivity index (χ0n) is 9.67. The number of esters is 1. The van der Waals surface area contributed by atoms with Crippen molar-refractivity contribution < 1.29 is 14.3 Å². The molecule has 1 aromatic rings. The second-order valence-electron chi connectivity index (χ2n) is 3.17. The molecule has 0 aliphatic rings. The van der Waals surface area contributed by atoms with Gasteiger partial charge in [0.15, 0.2) is 5.12 Å². The number of rotatable bonds is 4. The Kier molecular flexibility index (Phi) is 5.42. The molecule has 5 heteroatoms. The maximum Gasteiger partial charge on any atom is 0.337 e. The average molecular weight is 251 g/mol. The van der Waals surface area contributed by atoms with E-state index in [1.54, 1.807) is 24.4 Å². The van der Waals surface area contributed by atoms with Gasteiger partial charge in [-0.15, -0.1) is 0 Å². The SMILES string of the molecule is COC(=O)c1ccnc(C=CCSC(C)=O)c1. The van der Waals surface area contributed by atoms with Crippen LogP contribution in [0, 0.1) is 0 Å². The van der Waals surface area contributed by atoms with Crippen LogP contribution in [0.2, 0.25) is 0 Å². The molecular weight excluding hydrogens is 238 g/mol. The first-order chi connectivity index (χ1) is 8.13. The number of ether oxygens (including phenoxy) is 1. The van der Waals surface area contributed by atoms with Crippen LogP contribution in [0.15, 0.2) is 24.4 Å². The van der Waals surface area contributed by atoms with Gasteiger partial charge in [0.25, 0.3) is 0 Å². The first-order valence-electron chi connectivity index (χ1n) is 4.97. The summed E-state index contributed by atoms with van der Waals surface area (Å²) < 4.78 is 4.61. The Morgan fingerprint density at radius 2 is 2.29 bits per heavy atom. The Morgan fingerprint density at radius 1 is 1.53 bits per heavy atom. The predicted octanol–water partition coefficient (Wildman–Crippen LogP) is 2.16. The van der Waals surface area contributed by atoms with Crippen LogP contribution in [0.5, 0.6) is 0 Å². The maximum atomic E-state index is 11.3. The average Bonchev–Trinajstić information content (AvgIpc) is 2.34. The second kappa shape index (κ2) is 6.85. The quantitative estimate of drug-likeness (QED) is 0.767. The van der Waals surface area contributed by atoms with E-state index in [0.29, 0.717) is 17.0 Å². The molecule has 0 radical (unpaired) electrons. The first kappa shape index (κ1) is 13.4. The van der Waals surface area contributed by atoms with E-state index in [1.807, 2.05) is 6.08 Å². The zero-order chi connectivity index (χ0) is 12.7. The predicted molar refractivity (Wildman–Crippen MR) is 67.7 cm³/mol. The summed E-state index contributed by atoms with van der Waals surface area (Å²) in [5.41, 5.74) is 1.12. The number of thioether (sulfide) groups is 1. The van der Waals surface area contributed by atoms with Crippen LogP contribution in [0.3, 0.4) is 0 Å². The van der Waals surface area contributed by atoms with Crippen molar-refractivity contribution in [1.82, 2.24) is 4.98 Å². The number of pyridine rings is 1. The molecule has 1 heterocycles. The molecule has 0 unspecified atom stereocenters. The zero-order valence-corrected chi connectivity index (χ0v) is 10.5. The fraction of sp³-hybridized carbons (Fsp3) is 0.250. The maximum absolute atomic E-state index is 11.3. The van der Waals surface area contributed by atoms with Crippen molar-refractivity contribution in [3.05, 3.63) is 35.7 Å². The van der Waals surface area contributed by atoms with Crippen LogP contribution in [-0.4, -0.2) is 28.9 Å². The van der Waals surface area contributed by atoms with Crippen molar-refractivity contribution in [2.24, 2.45) is 0 Å². The van der Waals surface area contributed by atoms with E-state index in [9.17, 15) is 9.59 Å². The minimum atomic E-state index is -0.389. The molecule has 0 spiro atoms. The van der Waals surface area contributed by atoms with Crippen LogP contribution in [0.1, 0.15) is 23.0 Å². The molecule has 0 amide bonds. The summed E-state index contributed by atoms with van der Waals surface area (Å²) >= 11 is 1.22. The molecule has 4 nitrogen and oxygen atoms in total. The van der Waals surface area contributed by atoms with Gasteiger partial charge in [-0.25, -0.2) is 4.79 Å². The van der Waals surface area contributed by atoms with Crippen LogP contribution < -0.4 is 0 Å². The third kappa shape index (κ3) is 4.82. The topological polar surface area (TPSA) is 56.3 Å². The summed E-state index contributed by atoms with van der Waals surface area (Å²) in [7, 11) is 1.34. The van der Waals surface area contributed by atoms with Gasteiger partial charge in [0.05, 0.1) is 18.4 Å². The van der Waals surface area contributed by atoms with Gasteiger partial charge in [-0.1, -0.05) is 17.8 Å². The van der Waals surface area contributed by atoms with Crippen molar-refractivity contribution in [2.75, 3.05) is 12.9 Å². The van der Waals surface area contributed by atoms with Crippen molar-refractivity contribution in [2.45, 2.75) is 6.92 Å². The molecular formula is C12H13NO3S. The number of methoxy groups -OCH3 is 1. The minimum Gasteiger partial charge on any atom is -0.465 e. The van der Waals surface area contributed by atoms with Gasteiger partial charge in [-0.3, -0.25) is 9.78 Å². The molecule has 0 saturated carbocycles. The van der Waals surface area contributed by atoms with Gasteiger partial charge in [-0.2, -0.15) is 0 Å². The highest BCUT2D eigenvalue weighted by molar-refractivity contribution is 8.13. The Bertz CT molecular complexity index is 443. The molecule has 0 atom stereocenters. The van der Waals surface area contributed by atoms with Gasteiger partial charge in [0, 0.05) is 18.9 Å². The van der Waals surface area contributed by atoms with E-state index in [0.717, 1.165) is 0 Å².